The number of anilines is 3. The third-order valence-electron chi connectivity index (χ3n) is 6.79. The van der Waals surface area contributed by atoms with Gasteiger partial charge in [0.05, 0.1) is 37.2 Å². The summed E-state index contributed by atoms with van der Waals surface area (Å²) in [5.41, 5.74) is 13.7. The number of nitrogens with one attached hydrogen (secondary N) is 2. The van der Waals surface area contributed by atoms with Crippen molar-refractivity contribution in [3.8, 4) is 11.5 Å². The average Bonchev–Trinajstić information content (AvgIpc) is 3.83. The van der Waals surface area contributed by atoms with Crippen LogP contribution < -0.4 is 26.8 Å². The molecular weight excluding hydrogens is 564 g/mol. The lowest BCUT2D eigenvalue weighted by Crippen LogP contribution is -2.21. The molecule has 1 aromatic heterocycles. The third kappa shape index (κ3) is 5.00. The zero-order chi connectivity index (χ0) is 27.5. The number of carbonyl (C=O) groups excluding carboxylic acids is 2. The summed E-state index contributed by atoms with van der Waals surface area (Å²) >= 11 is 14.0. The minimum absolute atomic E-state index is 0.0227. The largest absolute Gasteiger partial charge is 0.453 e. The Hall–Kier alpha value is -3.44. The molecule has 0 radical (unpaired) electrons. The van der Waals surface area contributed by atoms with Crippen molar-refractivity contribution in [2.24, 2.45) is 11.7 Å². The predicted molar refractivity (Wildman–Crippen MR) is 151 cm³/mol. The van der Waals surface area contributed by atoms with Crippen molar-refractivity contribution in [2.45, 2.75) is 31.2 Å². The van der Waals surface area contributed by atoms with E-state index < -0.39 is 17.3 Å². The van der Waals surface area contributed by atoms with E-state index in [-0.39, 0.29) is 50.3 Å². The summed E-state index contributed by atoms with van der Waals surface area (Å²) in [5.74, 6) is -1.05. The lowest BCUT2D eigenvalue weighted by molar-refractivity contribution is -0.117. The van der Waals surface area contributed by atoms with Gasteiger partial charge in [-0.3, -0.25) is 9.59 Å². The van der Waals surface area contributed by atoms with Crippen LogP contribution in [0.5, 0.6) is 11.5 Å². The second-order valence-corrected chi connectivity index (χ2v) is 11.5. The lowest BCUT2D eigenvalue weighted by atomic mass is 10.0. The molecule has 2 aliphatic rings. The number of hydrogen-bond acceptors (Lipinski definition) is 7. The van der Waals surface area contributed by atoms with Gasteiger partial charge in [-0.15, -0.1) is 0 Å². The second-order valence-electron chi connectivity index (χ2n) is 9.75. The molecule has 6 N–H and O–H groups in total. The fourth-order valence-corrected chi connectivity index (χ4v) is 5.70. The van der Waals surface area contributed by atoms with Crippen molar-refractivity contribution in [1.29, 1.82) is 0 Å². The van der Waals surface area contributed by atoms with Gasteiger partial charge in [0.1, 0.15) is 11.6 Å². The third-order valence-corrected chi connectivity index (χ3v) is 8.51. The number of nitrogens with two attached hydrogens (primary N) is 2. The van der Waals surface area contributed by atoms with Crippen LogP contribution in [0.4, 0.5) is 20.9 Å². The van der Waals surface area contributed by atoms with Crippen LogP contribution in [0, 0.1) is 11.7 Å². The fourth-order valence-electron chi connectivity index (χ4n) is 4.20. The number of halogens is 3. The van der Waals surface area contributed by atoms with Gasteiger partial charge in [0.15, 0.2) is 10.9 Å². The molecule has 2 amide bonds. The molecule has 39 heavy (non-hydrogen) atoms. The number of nitrogen functional groups attached to an aromatic ring is 1. The van der Waals surface area contributed by atoms with Crippen LogP contribution in [0.3, 0.4) is 0 Å². The molecule has 6 rings (SSSR count). The Bertz CT molecular complexity index is 1670. The number of thiazole rings is 1. The highest BCUT2D eigenvalue weighted by molar-refractivity contribution is 7.23. The minimum Gasteiger partial charge on any atom is -0.453 e. The maximum atomic E-state index is 14.8. The van der Waals surface area contributed by atoms with Crippen LogP contribution in [-0.4, -0.2) is 16.8 Å². The summed E-state index contributed by atoms with van der Waals surface area (Å²) in [6.45, 7) is 0. The van der Waals surface area contributed by atoms with E-state index in [2.05, 4.69) is 15.6 Å². The number of aromatic nitrogens is 1. The van der Waals surface area contributed by atoms with E-state index in [0.717, 1.165) is 31.7 Å². The van der Waals surface area contributed by atoms with Crippen LogP contribution in [-0.2, 0) is 10.3 Å². The molecule has 2 saturated carbocycles. The molecule has 4 aromatic rings. The normalized spacial score (nSPS) is 15.7. The molecule has 0 aliphatic heterocycles. The number of rotatable bonds is 7. The van der Waals surface area contributed by atoms with Gasteiger partial charge in [-0.25, -0.2) is 9.37 Å². The first-order chi connectivity index (χ1) is 18.6. The molecule has 0 atom stereocenters. The summed E-state index contributed by atoms with van der Waals surface area (Å²) < 4.78 is 21.4. The average molecular weight is 586 g/mol. The minimum atomic E-state index is -0.757. The van der Waals surface area contributed by atoms with Crippen LogP contribution in [0.1, 0.15) is 41.6 Å². The van der Waals surface area contributed by atoms with Crippen molar-refractivity contribution in [3.05, 3.63) is 69.5 Å². The smallest absolute Gasteiger partial charge is 0.257 e. The highest BCUT2D eigenvalue weighted by Crippen LogP contribution is 2.46. The van der Waals surface area contributed by atoms with Crippen molar-refractivity contribution in [3.63, 3.8) is 0 Å². The van der Waals surface area contributed by atoms with Crippen LogP contribution in [0.25, 0.3) is 10.2 Å². The van der Waals surface area contributed by atoms with E-state index >= 15 is 0 Å². The van der Waals surface area contributed by atoms with Crippen LogP contribution >= 0.6 is 34.5 Å². The van der Waals surface area contributed by atoms with Gasteiger partial charge in [-0.2, -0.15) is 0 Å². The van der Waals surface area contributed by atoms with Crippen molar-refractivity contribution in [2.75, 3.05) is 16.4 Å². The summed E-state index contributed by atoms with van der Waals surface area (Å²) in [6.07, 6.45) is 3.31. The van der Waals surface area contributed by atoms with Crippen molar-refractivity contribution < 1.29 is 18.7 Å². The van der Waals surface area contributed by atoms with Gasteiger partial charge in [-0.1, -0.05) is 46.7 Å². The molecule has 3 aromatic carbocycles. The monoisotopic (exact) mass is 585 g/mol. The zero-order valence-corrected chi connectivity index (χ0v) is 22.6. The van der Waals surface area contributed by atoms with E-state index in [1.54, 1.807) is 30.3 Å². The number of amides is 2. The first-order valence-electron chi connectivity index (χ1n) is 12.2. The van der Waals surface area contributed by atoms with Gasteiger partial charge in [0.2, 0.25) is 5.91 Å². The quantitative estimate of drug-likeness (QED) is 0.179. The van der Waals surface area contributed by atoms with E-state index in [4.69, 9.17) is 39.4 Å². The summed E-state index contributed by atoms with van der Waals surface area (Å²) in [4.78, 5) is 29.6. The molecule has 1 heterocycles. The Morgan fingerprint density at radius 3 is 2.59 bits per heavy atom. The van der Waals surface area contributed by atoms with Crippen LogP contribution in [0.15, 0.2) is 42.5 Å². The number of ether oxygens (including phenoxy) is 1. The Morgan fingerprint density at radius 1 is 1.10 bits per heavy atom. The van der Waals surface area contributed by atoms with E-state index in [0.29, 0.717) is 20.9 Å². The Kier molecular flexibility index (Phi) is 6.38. The van der Waals surface area contributed by atoms with Gasteiger partial charge in [-0.05, 0) is 55.5 Å². The SMILES string of the molecule is Nc1c(Oc2cc(NC(=O)c3cccc(C4(N)CC4)c3Cl)c(F)cc2Cl)ccc2nc(NC(=O)C3CC3)sc12. The van der Waals surface area contributed by atoms with Crippen LogP contribution in [0.2, 0.25) is 10.0 Å². The van der Waals surface area contributed by atoms with Gasteiger partial charge in [0.25, 0.3) is 5.91 Å². The van der Waals surface area contributed by atoms with Gasteiger partial charge < -0.3 is 26.8 Å². The van der Waals surface area contributed by atoms with E-state index in [9.17, 15) is 14.0 Å². The predicted octanol–water partition coefficient (Wildman–Crippen LogP) is 6.67. The number of benzene rings is 3. The first-order valence-corrected chi connectivity index (χ1v) is 13.8. The first kappa shape index (κ1) is 25.8. The standard InChI is InChI=1S/C27H22Cl2FN5O3S/c28-15-10-16(30)18(33-25(37)13-2-1-3-14(21(13)29)27(32)8-9-27)11-20(15)38-19-7-6-17-23(22(19)31)39-26(34-17)35-24(36)12-4-5-12/h1-3,6-7,10-12H,4-5,8-9,31-32H2,(H,33,37)(H,34,35,36). The topological polar surface area (TPSA) is 132 Å². The molecular formula is C27H22Cl2FN5O3S. The van der Waals surface area contributed by atoms with E-state index in [1.807, 2.05) is 0 Å². The number of carbonyl (C=O) groups is 2. The Morgan fingerprint density at radius 2 is 1.87 bits per heavy atom. The lowest BCUT2D eigenvalue weighted by Gasteiger charge is -2.16. The highest BCUT2D eigenvalue weighted by atomic mass is 35.5. The van der Waals surface area contributed by atoms with Gasteiger partial charge in [0, 0.05) is 17.5 Å². The Balaban J connectivity index is 1.25. The zero-order valence-electron chi connectivity index (χ0n) is 20.3. The maximum Gasteiger partial charge on any atom is 0.257 e. The van der Waals surface area contributed by atoms with Crippen molar-refractivity contribution in [1.82, 2.24) is 4.98 Å². The van der Waals surface area contributed by atoms with Gasteiger partial charge >= 0.3 is 0 Å². The molecule has 8 nitrogen and oxygen atoms in total. The Labute approximate surface area is 236 Å². The summed E-state index contributed by atoms with van der Waals surface area (Å²) in [6, 6.07) is 10.6. The maximum absolute atomic E-state index is 14.8. The molecule has 200 valence electrons. The molecule has 2 fully saturated rings. The molecule has 0 bridgehead atoms. The number of fused-ring (bicyclic) bond motifs is 1. The highest BCUT2D eigenvalue weighted by Gasteiger charge is 2.42. The number of hydrogen-bond donors (Lipinski definition) is 4. The molecule has 0 unspecified atom stereocenters. The number of nitrogens with zero attached hydrogens (tertiary/aromatic N) is 1. The summed E-state index contributed by atoms with van der Waals surface area (Å²) in [7, 11) is 0. The summed E-state index contributed by atoms with van der Waals surface area (Å²) in [5, 5.41) is 6.02. The molecule has 0 spiro atoms. The molecule has 2 aliphatic carbocycles. The second kappa shape index (κ2) is 9.63. The molecule has 12 heteroatoms. The van der Waals surface area contributed by atoms with E-state index in [1.165, 1.54) is 17.4 Å². The fraction of sp³-hybridized carbons (Fsp3) is 0.222. The van der Waals surface area contributed by atoms with Crippen molar-refractivity contribution >= 4 is 73.1 Å². The molecule has 0 saturated heterocycles.